The average Bonchev–Trinajstić information content (AvgIpc) is 3.37. The maximum Gasteiger partial charge on any atom is 0.341 e. The molecule has 2 aromatic heterocycles. The second kappa shape index (κ2) is 10.1. The van der Waals surface area contributed by atoms with E-state index in [0.717, 1.165) is 11.3 Å². The summed E-state index contributed by atoms with van der Waals surface area (Å²) in [6, 6.07) is 8.54. The first-order chi connectivity index (χ1) is 15.7. The highest BCUT2D eigenvalue weighted by Crippen LogP contribution is 2.34. The number of furan rings is 1. The highest BCUT2D eigenvalue weighted by molar-refractivity contribution is 7.18. The molecule has 1 aromatic carbocycles. The van der Waals surface area contributed by atoms with Crippen molar-refractivity contribution in [1.29, 1.82) is 0 Å². The van der Waals surface area contributed by atoms with Gasteiger partial charge in [0, 0.05) is 12.1 Å². The minimum atomic E-state index is -0.634. The van der Waals surface area contributed by atoms with Crippen molar-refractivity contribution in [2.24, 2.45) is 0 Å². The molecule has 0 spiro atoms. The van der Waals surface area contributed by atoms with Gasteiger partial charge in [-0.05, 0) is 50.6 Å². The smallest absolute Gasteiger partial charge is 0.341 e. The first kappa shape index (κ1) is 23.7. The summed E-state index contributed by atoms with van der Waals surface area (Å²) in [7, 11) is 0. The van der Waals surface area contributed by atoms with Gasteiger partial charge in [0.1, 0.15) is 23.1 Å². The van der Waals surface area contributed by atoms with Gasteiger partial charge in [0.2, 0.25) is 0 Å². The van der Waals surface area contributed by atoms with Gasteiger partial charge >= 0.3 is 5.97 Å². The lowest BCUT2D eigenvalue weighted by Gasteiger charge is -2.06. The van der Waals surface area contributed by atoms with Crippen LogP contribution < -0.4 is 10.1 Å². The summed E-state index contributed by atoms with van der Waals surface area (Å²) in [5.41, 5.74) is 0.518. The molecule has 11 heteroatoms. The Morgan fingerprint density at radius 3 is 2.45 bits per heavy atom. The van der Waals surface area contributed by atoms with Crippen molar-refractivity contribution in [1.82, 2.24) is 0 Å². The molecule has 0 saturated carbocycles. The van der Waals surface area contributed by atoms with Crippen LogP contribution in [0.4, 0.5) is 10.7 Å². The number of rotatable bonds is 9. The molecule has 172 valence electrons. The fraction of sp³-hybridized carbons (Fsp3) is 0.227. The second-order valence-corrected chi connectivity index (χ2v) is 7.82. The summed E-state index contributed by atoms with van der Waals surface area (Å²) < 4.78 is 16.1. The zero-order chi connectivity index (χ0) is 24.1. The SMILES string of the molecule is CCOC(=O)c1c(NC(=O)c2ccc(COc3ccc([N+](=O)[O-])cc3)o2)sc(C(C)=O)c1C. The van der Waals surface area contributed by atoms with Crippen LogP contribution in [0.5, 0.6) is 5.75 Å². The van der Waals surface area contributed by atoms with Crippen LogP contribution in [0.1, 0.15) is 55.8 Å². The Morgan fingerprint density at radius 1 is 1.15 bits per heavy atom. The molecule has 0 unspecified atom stereocenters. The molecule has 0 radical (unpaired) electrons. The third kappa shape index (κ3) is 5.44. The van der Waals surface area contributed by atoms with E-state index >= 15 is 0 Å². The highest BCUT2D eigenvalue weighted by atomic mass is 32.1. The van der Waals surface area contributed by atoms with Gasteiger partial charge in [-0.15, -0.1) is 11.3 Å². The zero-order valence-electron chi connectivity index (χ0n) is 18.0. The van der Waals surface area contributed by atoms with E-state index in [-0.39, 0.29) is 41.0 Å². The van der Waals surface area contributed by atoms with Crippen LogP contribution in [0, 0.1) is 17.0 Å². The number of esters is 1. The number of nitro groups is 1. The number of ketones is 1. The third-order valence-corrected chi connectivity index (χ3v) is 5.80. The van der Waals surface area contributed by atoms with Crippen molar-refractivity contribution >= 4 is 39.7 Å². The number of nitrogens with zero attached hydrogens (tertiary/aromatic N) is 1. The Morgan fingerprint density at radius 2 is 1.85 bits per heavy atom. The van der Waals surface area contributed by atoms with Crippen molar-refractivity contribution in [2.45, 2.75) is 27.4 Å². The molecule has 0 fully saturated rings. The van der Waals surface area contributed by atoms with E-state index in [4.69, 9.17) is 13.9 Å². The minimum absolute atomic E-state index is 0.00817. The van der Waals surface area contributed by atoms with E-state index in [1.54, 1.807) is 19.9 Å². The van der Waals surface area contributed by atoms with Gasteiger partial charge in [-0.3, -0.25) is 19.7 Å². The van der Waals surface area contributed by atoms with Gasteiger partial charge in [0.05, 0.1) is 22.0 Å². The van der Waals surface area contributed by atoms with Crippen LogP contribution in [0.3, 0.4) is 0 Å². The van der Waals surface area contributed by atoms with E-state index in [1.165, 1.54) is 37.3 Å². The third-order valence-electron chi connectivity index (χ3n) is 4.49. The number of ether oxygens (including phenoxy) is 2. The quantitative estimate of drug-likeness (QED) is 0.203. The number of carbonyl (C=O) groups excluding carboxylic acids is 3. The number of amides is 1. The molecule has 2 heterocycles. The molecule has 0 aliphatic heterocycles. The number of nitro benzene ring substituents is 1. The lowest BCUT2D eigenvalue weighted by atomic mass is 10.1. The van der Waals surface area contributed by atoms with Crippen molar-refractivity contribution < 1.29 is 33.2 Å². The fourth-order valence-corrected chi connectivity index (χ4v) is 4.03. The van der Waals surface area contributed by atoms with Gasteiger partial charge in [-0.1, -0.05) is 0 Å². The fourth-order valence-electron chi connectivity index (χ4n) is 2.95. The number of nitrogens with one attached hydrogen (secondary N) is 1. The van der Waals surface area contributed by atoms with Crippen molar-refractivity contribution in [3.05, 3.63) is 74.0 Å². The van der Waals surface area contributed by atoms with Crippen LogP contribution in [-0.2, 0) is 11.3 Å². The zero-order valence-corrected chi connectivity index (χ0v) is 18.8. The minimum Gasteiger partial charge on any atom is -0.486 e. The molecular formula is C22H20N2O8S. The molecule has 0 aliphatic rings. The number of anilines is 1. The number of thiophene rings is 1. The maximum atomic E-state index is 12.7. The molecule has 3 aromatic rings. The Kier molecular flexibility index (Phi) is 7.23. The highest BCUT2D eigenvalue weighted by Gasteiger charge is 2.26. The van der Waals surface area contributed by atoms with Crippen molar-refractivity contribution in [2.75, 3.05) is 11.9 Å². The van der Waals surface area contributed by atoms with Gasteiger partial charge in [0.15, 0.2) is 11.5 Å². The summed E-state index contributed by atoms with van der Waals surface area (Å²) in [6.45, 7) is 4.80. The summed E-state index contributed by atoms with van der Waals surface area (Å²) in [4.78, 5) is 47.5. The monoisotopic (exact) mass is 472 g/mol. The van der Waals surface area contributed by atoms with E-state index in [9.17, 15) is 24.5 Å². The number of carbonyl (C=O) groups is 3. The van der Waals surface area contributed by atoms with Gasteiger partial charge in [0.25, 0.3) is 11.6 Å². The first-order valence-electron chi connectivity index (χ1n) is 9.80. The van der Waals surface area contributed by atoms with Crippen LogP contribution in [0.15, 0.2) is 40.8 Å². The molecule has 10 nitrogen and oxygen atoms in total. The van der Waals surface area contributed by atoms with E-state index in [1.807, 2.05) is 0 Å². The molecule has 0 saturated heterocycles. The summed E-state index contributed by atoms with van der Waals surface area (Å²) in [5, 5.41) is 13.5. The molecule has 0 bridgehead atoms. The average molecular weight is 472 g/mol. The first-order valence-corrected chi connectivity index (χ1v) is 10.6. The predicted octanol–water partition coefficient (Wildman–Crippen LogP) is 4.77. The van der Waals surface area contributed by atoms with Crippen LogP contribution in [0.25, 0.3) is 0 Å². The summed E-state index contributed by atoms with van der Waals surface area (Å²) >= 11 is 0.992. The summed E-state index contributed by atoms with van der Waals surface area (Å²) in [6.07, 6.45) is 0. The standard InChI is InChI=1S/C22H20N2O8S/c1-4-30-22(27)18-12(2)19(13(3)25)33-21(18)23-20(26)17-10-9-16(32-17)11-31-15-7-5-14(6-8-15)24(28)29/h5-10H,4,11H2,1-3H3,(H,23,26). The van der Waals surface area contributed by atoms with Crippen molar-refractivity contribution in [3.8, 4) is 5.75 Å². The Hall–Kier alpha value is -3.99. The number of hydrogen-bond acceptors (Lipinski definition) is 9. The molecule has 3 rings (SSSR count). The predicted molar refractivity (Wildman–Crippen MR) is 119 cm³/mol. The van der Waals surface area contributed by atoms with E-state index in [0.29, 0.717) is 22.0 Å². The largest absolute Gasteiger partial charge is 0.486 e. The number of benzene rings is 1. The molecule has 33 heavy (non-hydrogen) atoms. The molecule has 1 N–H and O–H groups in total. The Labute approximate surface area is 192 Å². The number of non-ortho nitro benzene ring substituents is 1. The van der Waals surface area contributed by atoms with Crippen molar-refractivity contribution in [3.63, 3.8) is 0 Å². The lowest BCUT2D eigenvalue weighted by molar-refractivity contribution is -0.384. The normalized spacial score (nSPS) is 10.5. The van der Waals surface area contributed by atoms with Gasteiger partial charge < -0.3 is 19.2 Å². The van der Waals surface area contributed by atoms with Gasteiger partial charge in [-0.25, -0.2) is 4.79 Å². The Bertz CT molecular complexity index is 1210. The van der Waals surface area contributed by atoms with Gasteiger partial charge in [-0.2, -0.15) is 0 Å². The molecule has 0 atom stereocenters. The van der Waals surface area contributed by atoms with Crippen LogP contribution in [0.2, 0.25) is 0 Å². The molecule has 0 aliphatic carbocycles. The Balaban J connectivity index is 1.71. The molecular weight excluding hydrogens is 452 g/mol. The van der Waals surface area contributed by atoms with E-state index in [2.05, 4.69) is 5.32 Å². The second-order valence-electron chi connectivity index (χ2n) is 6.80. The topological polar surface area (TPSA) is 138 Å². The maximum absolute atomic E-state index is 12.7. The number of Topliss-reactive ketones (excluding diaryl/α,β-unsaturated/α-hetero) is 1. The van der Waals surface area contributed by atoms with E-state index < -0.39 is 16.8 Å². The molecule has 1 amide bonds. The van der Waals surface area contributed by atoms with Crippen LogP contribution >= 0.6 is 11.3 Å². The lowest BCUT2D eigenvalue weighted by Crippen LogP contribution is -2.14. The van der Waals surface area contributed by atoms with Crippen LogP contribution in [-0.4, -0.2) is 29.2 Å². The number of hydrogen-bond donors (Lipinski definition) is 1. The summed E-state index contributed by atoms with van der Waals surface area (Å²) in [5.74, 6) is -0.761.